The van der Waals surface area contributed by atoms with E-state index in [9.17, 15) is 5.11 Å². The van der Waals surface area contributed by atoms with Gasteiger partial charge < -0.3 is 9.52 Å². The van der Waals surface area contributed by atoms with Crippen LogP contribution in [0.1, 0.15) is 31.9 Å². The molecule has 6 aromatic rings. The van der Waals surface area contributed by atoms with Crippen molar-refractivity contribution >= 4 is 23.0 Å². The van der Waals surface area contributed by atoms with Crippen molar-refractivity contribution in [2.24, 2.45) is 4.99 Å². The molecule has 0 bridgehead atoms. The number of hydrogen-bond donors (Lipinski definition) is 1. The van der Waals surface area contributed by atoms with Gasteiger partial charge in [0.05, 0.1) is 11.3 Å². The van der Waals surface area contributed by atoms with Crippen molar-refractivity contribution in [1.82, 2.24) is 4.98 Å². The molecular weight excluding hydrogens is 492 g/mol. The SMILES string of the molecule is CC(C)(C)c1ccc(O)c(C=Nc2ccccc2-c2nc3c(-c4cccc(-c5ccccc5)c4)cccc3o2)c1. The second-order valence-electron chi connectivity index (χ2n) is 10.9. The van der Waals surface area contributed by atoms with Gasteiger partial charge in [0.2, 0.25) is 5.89 Å². The number of nitrogens with zero attached hydrogens (tertiary/aromatic N) is 2. The number of para-hydroxylation sites is 2. The molecule has 0 aliphatic heterocycles. The molecule has 0 aliphatic rings. The molecule has 6 rings (SSSR count). The lowest BCUT2D eigenvalue weighted by molar-refractivity contribution is 0.473. The normalized spacial score (nSPS) is 11.9. The van der Waals surface area contributed by atoms with Crippen LogP contribution in [0.5, 0.6) is 5.75 Å². The van der Waals surface area contributed by atoms with Gasteiger partial charge in [-0.05, 0) is 64.1 Å². The van der Waals surface area contributed by atoms with Gasteiger partial charge in [-0.2, -0.15) is 0 Å². The van der Waals surface area contributed by atoms with E-state index in [4.69, 9.17) is 14.4 Å². The van der Waals surface area contributed by atoms with E-state index >= 15 is 0 Å². The molecule has 0 saturated heterocycles. The maximum atomic E-state index is 10.5. The fourth-order valence-corrected chi connectivity index (χ4v) is 4.82. The Morgan fingerprint density at radius 2 is 1.40 bits per heavy atom. The van der Waals surface area contributed by atoms with Gasteiger partial charge in [0.1, 0.15) is 11.3 Å². The fourth-order valence-electron chi connectivity index (χ4n) is 4.82. The molecule has 0 atom stereocenters. The van der Waals surface area contributed by atoms with E-state index in [1.165, 1.54) is 5.56 Å². The van der Waals surface area contributed by atoms with E-state index in [2.05, 4.69) is 75.4 Å². The predicted octanol–water partition coefficient (Wildman–Crippen LogP) is 9.58. The first-order valence-corrected chi connectivity index (χ1v) is 13.4. The van der Waals surface area contributed by atoms with E-state index < -0.39 is 0 Å². The lowest BCUT2D eigenvalue weighted by atomic mass is 9.86. The number of hydrogen-bond acceptors (Lipinski definition) is 4. The van der Waals surface area contributed by atoms with Gasteiger partial charge in [-0.1, -0.05) is 99.6 Å². The van der Waals surface area contributed by atoms with E-state index in [0.29, 0.717) is 22.7 Å². The summed E-state index contributed by atoms with van der Waals surface area (Å²) in [6, 6.07) is 38.3. The number of aromatic hydroxyl groups is 1. The molecule has 0 unspecified atom stereocenters. The highest BCUT2D eigenvalue weighted by molar-refractivity contribution is 5.94. The lowest BCUT2D eigenvalue weighted by Crippen LogP contribution is -2.11. The maximum absolute atomic E-state index is 10.5. The van der Waals surface area contributed by atoms with Crippen molar-refractivity contribution in [3.05, 3.63) is 126 Å². The summed E-state index contributed by atoms with van der Waals surface area (Å²) in [5.74, 6) is 0.695. The molecule has 0 aliphatic carbocycles. The monoisotopic (exact) mass is 522 g/mol. The summed E-state index contributed by atoms with van der Waals surface area (Å²) in [5.41, 5.74) is 9.17. The number of rotatable bonds is 5. The van der Waals surface area contributed by atoms with Crippen molar-refractivity contribution in [2.75, 3.05) is 0 Å². The number of phenolic OH excluding ortho intramolecular Hbond substituents is 1. The first-order chi connectivity index (χ1) is 19.4. The Morgan fingerprint density at radius 3 is 2.23 bits per heavy atom. The summed E-state index contributed by atoms with van der Waals surface area (Å²) in [6.45, 7) is 6.44. The van der Waals surface area contributed by atoms with Gasteiger partial charge in [-0.3, -0.25) is 4.99 Å². The van der Waals surface area contributed by atoms with Gasteiger partial charge in [0.15, 0.2) is 5.58 Å². The summed E-state index contributed by atoms with van der Waals surface area (Å²) < 4.78 is 6.28. The van der Waals surface area contributed by atoms with Gasteiger partial charge in [0, 0.05) is 17.3 Å². The highest BCUT2D eigenvalue weighted by Gasteiger charge is 2.17. The smallest absolute Gasteiger partial charge is 0.229 e. The maximum Gasteiger partial charge on any atom is 0.229 e. The van der Waals surface area contributed by atoms with Crippen molar-refractivity contribution in [3.63, 3.8) is 0 Å². The Morgan fingerprint density at radius 1 is 0.700 bits per heavy atom. The molecule has 40 heavy (non-hydrogen) atoms. The first-order valence-electron chi connectivity index (χ1n) is 13.4. The Balaban J connectivity index is 1.39. The van der Waals surface area contributed by atoms with Gasteiger partial charge in [-0.15, -0.1) is 0 Å². The number of aliphatic imine (C=N–C) groups is 1. The van der Waals surface area contributed by atoms with Crippen LogP contribution in [0.15, 0.2) is 125 Å². The number of phenols is 1. The molecule has 0 spiro atoms. The zero-order valence-electron chi connectivity index (χ0n) is 22.8. The molecule has 0 saturated carbocycles. The minimum Gasteiger partial charge on any atom is -0.507 e. The average molecular weight is 523 g/mol. The average Bonchev–Trinajstić information content (AvgIpc) is 3.41. The third-order valence-electron chi connectivity index (χ3n) is 7.07. The summed E-state index contributed by atoms with van der Waals surface area (Å²) in [5, 5.41) is 10.5. The zero-order chi connectivity index (χ0) is 27.7. The van der Waals surface area contributed by atoms with Crippen LogP contribution in [0.4, 0.5) is 5.69 Å². The molecule has 1 aromatic heterocycles. The van der Waals surface area contributed by atoms with Crippen molar-refractivity contribution < 1.29 is 9.52 Å². The number of oxazole rings is 1. The van der Waals surface area contributed by atoms with Crippen LogP contribution >= 0.6 is 0 Å². The first kappa shape index (κ1) is 25.3. The lowest BCUT2D eigenvalue weighted by Gasteiger charge is -2.19. The zero-order valence-corrected chi connectivity index (χ0v) is 22.8. The number of aromatic nitrogens is 1. The fraction of sp³-hybridized carbons (Fsp3) is 0.111. The van der Waals surface area contributed by atoms with E-state index in [1.807, 2.05) is 54.6 Å². The van der Waals surface area contributed by atoms with Crippen LogP contribution in [-0.2, 0) is 5.41 Å². The Hall–Kier alpha value is -4.96. The third-order valence-corrected chi connectivity index (χ3v) is 7.07. The third kappa shape index (κ3) is 5.04. The predicted molar refractivity (Wildman–Crippen MR) is 164 cm³/mol. The summed E-state index contributed by atoms with van der Waals surface area (Å²) in [6.07, 6.45) is 1.70. The molecule has 1 N–H and O–H groups in total. The van der Waals surface area contributed by atoms with Crippen LogP contribution < -0.4 is 0 Å². The Labute approximate surface area is 234 Å². The van der Waals surface area contributed by atoms with Crippen LogP contribution in [-0.4, -0.2) is 16.3 Å². The number of benzene rings is 5. The molecule has 0 radical (unpaired) electrons. The van der Waals surface area contributed by atoms with Crippen LogP contribution in [0.25, 0.3) is 44.8 Å². The van der Waals surface area contributed by atoms with Crippen LogP contribution in [0.2, 0.25) is 0 Å². The minimum absolute atomic E-state index is 0.0370. The molecular formula is C36H30N2O2. The highest BCUT2D eigenvalue weighted by Crippen LogP contribution is 2.36. The molecule has 5 aromatic carbocycles. The standard InChI is InChI=1S/C36H30N2O2/c1-36(2,3)28-19-20-32(39)27(22-28)23-37-31-17-8-7-15-30(31)35-38-34-29(16-10-18-33(34)40-35)26-14-9-13-25(21-26)24-11-5-4-6-12-24/h4-23,39H,1-3H3. The van der Waals surface area contributed by atoms with E-state index in [1.54, 1.807) is 12.3 Å². The number of fused-ring (bicyclic) bond motifs is 1. The topological polar surface area (TPSA) is 58.6 Å². The van der Waals surface area contributed by atoms with Crippen LogP contribution in [0.3, 0.4) is 0 Å². The summed E-state index contributed by atoms with van der Waals surface area (Å²) in [4.78, 5) is 9.70. The molecule has 196 valence electrons. The molecule has 4 nitrogen and oxygen atoms in total. The Bertz CT molecular complexity index is 1840. The van der Waals surface area contributed by atoms with Gasteiger partial charge in [-0.25, -0.2) is 4.98 Å². The quantitative estimate of drug-likeness (QED) is 0.229. The molecule has 4 heteroatoms. The van der Waals surface area contributed by atoms with Crippen molar-refractivity contribution in [1.29, 1.82) is 0 Å². The largest absolute Gasteiger partial charge is 0.507 e. The highest BCUT2D eigenvalue weighted by atomic mass is 16.3. The van der Waals surface area contributed by atoms with Crippen molar-refractivity contribution in [2.45, 2.75) is 26.2 Å². The van der Waals surface area contributed by atoms with Crippen LogP contribution in [0, 0.1) is 0 Å². The van der Waals surface area contributed by atoms with E-state index in [0.717, 1.165) is 33.3 Å². The van der Waals surface area contributed by atoms with Gasteiger partial charge in [0.25, 0.3) is 0 Å². The summed E-state index contributed by atoms with van der Waals surface area (Å²) >= 11 is 0. The van der Waals surface area contributed by atoms with E-state index in [-0.39, 0.29) is 11.2 Å². The second kappa shape index (κ2) is 10.3. The Kier molecular flexibility index (Phi) is 6.53. The van der Waals surface area contributed by atoms with Gasteiger partial charge >= 0.3 is 0 Å². The molecule has 0 amide bonds. The molecule has 0 fully saturated rings. The molecule has 1 heterocycles. The summed E-state index contributed by atoms with van der Waals surface area (Å²) in [7, 11) is 0. The van der Waals surface area contributed by atoms with Crippen molar-refractivity contribution in [3.8, 4) is 39.5 Å². The second-order valence-corrected chi connectivity index (χ2v) is 10.9. The minimum atomic E-state index is -0.0370.